The smallest absolute Gasteiger partial charge is 0.326 e. The number of benzene rings is 1. The van der Waals surface area contributed by atoms with Crippen LogP contribution in [0.2, 0.25) is 0 Å². The van der Waals surface area contributed by atoms with Crippen LogP contribution in [0.3, 0.4) is 0 Å². The molecule has 2 aromatic rings. The fourth-order valence-electron chi connectivity index (χ4n) is 2.19. The van der Waals surface area contributed by atoms with Crippen LogP contribution < -0.4 is 5.32 Å². The normalized spacial score (nSPS) is 13.6. The summed E-state index contributed by atoms with van der Waals surface area (Å²) < 4.78 is 0. The van der Waals surface area contributed by atoms with Crippen molar-refractivity contribution in [2.45, 2.75) is 26.3 Å². The van der Waals surface area contributed by atoms with Crippen molar-refractivity contribution >= 4 is 22.6 Å². The lowest BCUT2D eigenvalue weighted by Gasteiger charge is -2.20. The van der Waals surface area contributed by atoms with Crippen molar-refractivity contribution in [1.29, 1.82) is 0 Å². The number of hydrogen-bond acceptors (Lipinski definition) is 3. The Hall–Kier alpha value is -2.43. The van der Waals surface area contributed by atoms with Gasteiger partial charge in [-0.25, -0.2) is 4.79 Å². The zero-order valence-corrected chi connectivity index (χ0v) is 12.0. The SMILES string of the molecule is CC[C@H](C)[C@H](NC(=O)c1nccc2ccccc12)C(=O)O. The lowest BCUT2D eigenvalue weighted by atomic mass is 9.99. The van der Waals surface area contributed by atoms with Crippen molar-refractivity contribution in [2.75, 3.05) is 0 Å². The molecule has 1 aromatic carbocycles. The molecule has 0 saturated heterocycles. The molecule has 110 valence electrons. The molecule has 0 radical (unpaired) electrons. The van der Waals surface area contributed by atoms with Crippen LogP contribution in [0.25, 0.3) is 10.8 Å². The summed E-state index contributed by atoms with van der Waals surface area (Å²) in [5, 5.41) is 13.4. The van der Waals surface area contributed by atoms with Gasteiger partial charge in [-0.05, 0) is 17.4 Å². The molecule has 5 heteroatoms. The Labute approximate surface area is 123 Å². The number of rotatable bonds is 5. The van der Waals surface area contributed by atoms with Crippen LogP contribution in [0.15, 0.2) is 36.5 Å². The zero-order valence-electron chi connectivity index (χ0n) is 12.0. The molecule has 2 rings (SSSR count). The van der Waals surface area contributed by atoms with E-state index in [1.165, 1.54) is 0 Å². The number of aromatic nitrogens is 1. The van der Waals surface area contributed by atoms with Crippen molar-refractivity contribution in [2.24, 2.45) is 5.92 Å². The molecular formula is C16H18N2O3. The molecule has 0 aliphatic carbocycles. The third-order valence-electron chi connectivity index (χ3n) is 3.65. The van der Waals surface area contributed by atoms with Gasteiger partial charge in [0, 0.05) is 11.6 Å². The number of carbonyl (C=O) groups is 2. The Bertz CT molecular complexity index is 664. The van der Waals surface area contributed by atoms with E-state index < -0.39 is 17.9 Å². The molecule has 1 aromatic heterocycles. The van der Waals surface area contributed by atoms with Gasteiger partial charge in [0.2, 0.25) is 0 Å². The molecule has 1 amide bonds. The molecule has 2 atom stereocenters. The number of nitrogens with one attached hydrogen (secondary N) is 1. The van der Waals surface area contributed by atoms with Crippen molar-refractivity contribution in [3.05, 3.63) is 42.2 Å². The van der Waals surface area contributed by atoms with E-state index in [1.54, 1.807) is 19.2 Å². The van der Waals surface area contributed by atoms with E-state index in [-0.39, 0.29) is 11.6 Å². The zero-order chi connectivity index (χ0) is 15.4. The standard InChI is InChI=1S/C16H18N2O3/c1-3-10(2)13(16(20)21)18-15(19)14-12-7-5-4-6-11(12)8-9-17-14/h4-10,13H,3H2,1-2H3,(H,18,19)(H,20,21)/t10-,13-/m0/s1. The average Bonchev–Trinajstić information content (AvgIpc) is 2.50. The predicted octanol–water partition coefficient (Wildman–Crippen LogP) is 2.46. The highest BCUT2D eigenvalue weighted by molar-refractivity contribution is 6.06. The maximum Gasteiger partial charge on any atom is 0.326 e. The molecule has 0 saturated carbocycles. The number of pyridine rings is 1. The summed E-state index contributed by atoms with van der Waals surface area (Å²) in [7, 11) is 0. The highest BCUT2D eigenvalue weighted by atomic mass is 16.4. The highest BCUT2D eigenvalue weighted by Gasteiger charge is 2.26. The van der Waals surface area contributed by atoms with Crippen molar-refractivity contribution < 1.29 is 14.7 Å². The van der Waals surface area contributed by atoms with Crippen LogP contribution >= 0.6 is 0 Å². The average molecular weight is 286 g/mol. The Morgan fingerprint density at radius 3 is 2.67 bits per heavy atom. The first kappa shape index (κ1) is 15.0. The number of aliphatic carboxylic acids is 1. The fraction of sp³-hybridized carbons (Fsp3) is 0.312. The van der Waals surface area contributed by atoms with E-state index in [4.69, 9.17) is 0 Å². The lowest BCUT2D eigenvalue weighted by Crippen LogP contribution is -2.45. The van der Waals surface area contributed by atoms with Crippen molar-refractivity contribution in [3.8, 4) is 0 Å². The van der Waals surface area contributed by atoms with Crippen LogP contribution in [-0.2, 0) is 4.79 Å². The summed E-state index contributed by atoms with van der Waals surface area (Å²) in [6.45, 7) is 3.69. The summed E-state index contributed by atoms with van der Waals surface area (Å²) in [6.07, 6.45) is 2.22. The summed E-state index contributed by atoms with van der Waals surface area (Å²) in [5.74, 6) is -1.64. The topological polar surface area (TPSA) is 79.3 Å². The van der Waals surface area contributed by atoms with E-state index in [0.29, 0.717) is 11.8 Å². The monoisotopic (exact) mass is 286 g/mol. The Morgan fingerprint density at radius 2 is 2.00 bits per heavy atom. The Balaban J connectivity index is 2.32. The second-order valence-corrected chi connectivity index (χ2v) is 5.06. The number of nitrogens with zero attached hydrogens (tertiary/aromatic N) is 1. The number of hydrogen-bond donors (Lipinski definition) is 2. The summed E-state index contributed by atoms with van der Waals surface area (Å²) >= 11 is 0. The molecule has 0 unspecified atom stereocenters. The molecular weight excluding hydrogens is 268 g/mol. The van der Waals surface area contributed by atoms with E-state index in [1.807, 2.05) is 31.2 Å². The molecule has 21 heavy (non-hydrogen) atoms. The second-order valence-electron chi connectivity index (χ2n) is 5.06. The molecule has 5 nitrogen and oxygen atoms in total. The Kier molecular flexibility index (Phi) is 4.52. The largest absolute Gasteiger partial charge is 0.480 e. The number of carboxylic acid groups (broad SMARTS) is 1. The van der Waals surface area contributed by atoms with Gasteiger partial charge in [0.25, 0.3) is 5.91 Å². The minimum atomic E-state index is -1.03. The summed E-state index contributed by atoms with van der Waals surface area (Å²) in [4.78, 5) is 27.8. The van der Waals surface area contributed by atoms with Gasteiger partial charge in [-0.2, -0.15) is 0 Å². The van der Waals surface area contributed by atoms with Crippen LogP contribution in [0.1, 0.15) is 30.8 Å². The highest BCUT2D eigenvalue weighted by Crippen LogP contribution is 2.17. The van der Waals surface area contributed by atoms with Crippen LogP contribution in [0, 0.1) is 5.92 Å². The number of amides is 1. The van der Waals surface area contributed by atoms with E-state index in [2.05, 4.69) is 10.3 Å². The van der Waals surface area contributed by atoms with Gasteiger partial charge in [-0.15, -0.1) is 0 Å². The van der Waals surface area contributed by atoms with Gasteiger partial charge in [0.15, 0.2) is 0 Å². The summed E-state index contributed by atoms with van der Waals surface area (Å²) in [5.41, 5.74) is 0.252. The Morgan fingerprint density at radius 1 is 1.29 bits per heavy atom. The predicted molar refractivity (Wildman–Crippen MR) is 80.1 cm³/mol. The van der Waals surface area contributed by atoms with Gasteiger partial charge >= 0.3 is 5.97 Å². The van der Waals surface area contributed by atoms with E-state index in [9.17, 15) is 14.7 Å². The van der Waals surface area contributed by atoms with Gasteiger partial charge in [-0.3, -0.25) is 9.78 Å². The van der Waals surface area contributed by atoms with Gasteiger partial charge in [0.05, 0.1) is 0 Å². The van der Waals surface area contributed by atoms with Crippen molar-refractivity contribution in [1.82, 2.24) is 10.3 Å². The van der Waals surface area contributed by atoms with Gasteiger partial charge in [-0.1, -0.05) is 44.5 Å². The summed E-state index contributed by atoms with van der Waals surface area (Å²) in [6, 6.07) is 8.29. The third-order valence-corrected chi connectivity index (χ3v) is 3.65. The molecule has 0 fully saturated rings. The first-order valence-corrected chi connectivity index (χ1v) is 6.92. The maximum atomic E-state index is 12.4. The molecule has 2 N–H and O–H groups in total. The molecule has 0 aliphatic heterocycles. The molecule has 0 spiro atoms. The van der Waals surface area contributed by atoms with E-state index in [0.717, 1.165) is 5.39 Å². The lowest BCUT2D eigenvalue weighted by molar-refractivity contribution is -0.140. The molecule has 0 aliphatic rings. The van der Waals surface area contributed by atoms with Crippen LogP contribution in [0.4, 0.5) is 0 Å². The van der Waals surface area contributed by atoms with Gasteiger partial charge in [0.1, 0.15) is 11.7 Å². The maximum absolute atomic E-state index is 12.4. The molecule has 1 heterocycles. The number of carboxylic acids is 1. The van der Waals surface area contributed by atoms with Gasteiger partial charge < -0.3 is 10.4 Å². The minimum absolute atomic E-state index is 0.151. The van der Waals surface area contributed by atoms with Crippen molar-refractivity contribution in [3.63, 3.8) is 0 Å². The fourth-order valence-corrected chi connectivity index (χ4v) is 2.19. The number of fused-ring (bicyclic) bond motifs is 1. The van der Waals surface area contributed by atoms with Crippen LogP contribution in [-0.4, -0.2) is 28.0 Å². The number of carbonyl (C=O) groups excluding carboxylic acids is 1. The minimum Gasteiger partial charge on any atom is -0.480 e. The van der Waals surface area contributed by atoms with E-state index >= 15 is 0 Å². The first-order chi connectivity index (χ1) is 10.0. The first-order valence-electron chi connectivity index (χ1n) is 6.92. The molecule has 0 bridgehead atoms. The third kappa shape index (κ3) is 3.18. The second kappa shape index (κ2) is 6.35. The quantitative estimate of drug-likeness (QED) is 0.885. The van der Waals surface area contributed by atoms with Crippen LogP contribution in [0.5, 0.6) is 0 Å².